The molecule has 0 aliphatic carbocycles. The highest BCUT2D eigenvalue weighted by Gasteiger charge is 2.15. The van der Waals surface area contributed by atoms with Crippen molar-refractivity contribution in [1.82, 2.24) is 5.32 Å². The molecule has 2 nitrogen and oxygen atoms in total. The summed E-state index contributed by atoms with van der Waals surface area (Å²) in [6.07, 6.45) is 3.67. The number of hydrogen-bond acceptors (Lipinski definition) is 2. The van der Waals surface area contributed by atoms with E-state index in [2.05, 4.69) is 33.0 Å². The van der Waals surface area contributed by atoms with E-state index in [9.17, 15) is 0 Å². The molecule has 3 N–H and O–H groups in total. The second-order valence-corrected chi connectivity index (χ2v) is 5.40. The van der Waals surface area contributed by atoms with Gasteiger partial charge in [-0.05, 0) is 50.2 Å². The Morgan fingerprint density at radius 1 is 1.21 bits per heavy atom. The molecule has 86 valence electrons. The van der Waals surface area contributed by atoms with Crippen LogP contribution in [0.15, 0.2) is 0 Å². The van der Waals surface area contributed by atoms with E-state index in [1.54, 1.807) is 0 Å². The van der Waals surface area contributed by atoms with Gasteiger partial charge in [0.15, 0.2) is 0 Å². The molecular weight excluding hydrogens is 172 g/mol. The minimum atomic E-state index is 0.425. The molecule has 0 aliphatic rings. The van der Waals surface area contributed by atoms with Crippen LogP contribution < -0.4 is 11.1 Å². The van der Waals surface area contributed by atoms with Crippen molar-refractivity contribution in [3.8, 4) is 0 Å². The number of nitrogens with two attached hydrogens (primary N) is 1. The molecule has 0 fully saturated rings. The number of hydrogen-bond donors (Lipinski definition) is 2. The molecule has 0 bridgehead atoms. The summed E-state index contributed by atoms with van der Waals surface area (Å²) in [4.78, 5) is 0. The van der Waals surface area contributed by atoms with Crippen LogP contribution in [0.1, 0.15) is 47.0 Å². The molecule has 0 amide bonds. The maximum atomic E-state index is 5.57. The lowest BCUT2D eigenvalue weighted by molar-refractivity contribution is 0.301. The van der Waals surface area contributed by atoms with Gasteiger partial charge in [-0.25, -0.2) is 0 Å². The van der Waals surface area contributed by atoms with Crippen molar-refractivity contribution in [2.24, 2.45) is 17.1 Å². The Bertz CT molecular complexity index is 130. The lowest BCUT2D eigenvalue weighted by Gasteiger charge is -2.23. The minimum absolute atomic E-state index is 0.425. The Morgan fingerprint density at radius 3 is 2.36 bits per heavy atom. The largest absolute Gasteiger partial charge is 0.330 e. The Kier molecular flexibility index (Phi) is 7.20. The summed E-state index contributed by atoms with van der Waals surface area (Å²) in [6.45, 7) is 12.2. The van der Waals surface area contributed by atoms with Crippen LogP contribution in [0, 0.1) is 11.3 Å². The first-order valence-corrected chi connectivity index (χ1v) is 5.89. The van der Waals surface area contributed by atoms with Gasteiger partial charge in [0.05, 0.1) is 0 Å². The highest BCUT2D eigenvalue weighted by molar-refractivity contribution is 4.69. The van der Waals surface area contributed by atoms with E-state index in [1.807, 2.05) is 0 Å². The molecule has 0 aromatic heterocycles. The van der Waals surface area contributed by atoms with Crippen LogP contribution in [-0.4, -0.2) is 19.6 Å². The van der Waals surface area contributed by atoms with Crippen molar-refractivity contribution < 1.29 is 0 Å². The van der Waals surface area contributed by atoms with Gasteiger partial charge in [-0.2, -0.15) is 0 Å². The third kappa shape index (κ3) is 8.52. The van der Waals surface area contributed by atoms with Crippen LogP contribution >= 0.6 is 0 Å². The minimum Gasteiger partial charge on any atom is -0.330 e. The molecule has 0 spiro atoms. The Hall–Kier alpha value is -0.0800. The smallest absolute Gasteiger partial charge is 0.00258 e. The van der Waals surface area contributed by atoms with Gasteiger partial charge in [-0.1, -0.05) is 27.7 Å². The standard InChI is InChI=1S/C12H28N2/c1-11(2)10-14-9-5-6-12(3,4)7-8-13/h11,14H,5-10,13H2,1-4H3. The van der Waals surface area contributed by atoms with Crippen molar-refractivity contribution in [2.75, 3.05) is 19.6 Å². The Labute approximate surface area is 89.6 Å². The zero-order valence-corrected chi connectivity index (χ0v) is 10.4. The lowest BCUT2D eigenvalue weighted by Crippen LogP contribution is -2.23. The summed E-state index contributed by atoms with van der Waals surface area (Å²) in [5.74, 6) is 0.757. The van der Waals surface area contributed by atoms with E-state index in [-0.39, 0.29) is 0 Å². The van der Waals surface area contributed by atoms with Gasteiger partial charge in [0.1, 0.15) is 0 Å². The van der Waals surface area contributed by atoms with Crippen LogP contribution in [0.4, 0.5) is 0 Å². The molecule has 0 unspecified atom stereocenters. The fourth-order valence-corrected chi connectivity index (χ4v) is 1.60. The van der Waals surface area contributed by atoms with E-state index in [4.69, 9.17) is 5.73 Å². The molecule has 0 aromatic rings. The van der Waals surface area contributed by atoms with Gasteiger partial charge in [0.2, 0.25) is 0 Å². The summed E-state index contributed by atoms with van der Waals surface area (Å²) in [7, 11) is 0. The third-order valence-corrected chi connectivity index (χ3v) is 2.58. The second kappa shape index (κ2) is 7.24. The van der Waals surface area contributed by atoms with Gasteiger partial charge < -0.3 is 11.1 Å². The Morgan fingerprint density at radius 2 is 1.86 bits per heavy atom. The average Bonchev–Trinajstić information content (AvgIpc) is 2.02. The zero-order chi connectivity index (χ0) is 11.0. The quantitative estimate of drug-likeness (QED) is 0.590. The molecular formula is C12H28N2. The summed E-state index contributed by atoms with van der Waals surface area (Å²) < 4.78 is 0. The van der Waals surface area contributed by atoms with Crippen LogP contribution in [0.5, 0.6) is 0 Å². The fraction of sp³-hybridized carbons (Fsp3) is 1.00. The topological polar surface area (TPSA) is 38.0 Å². The van der Waals surface area contributed by atoms with Gasteiger partial charge in [0.25, 0.3) is 0 Å². The zero-order valence-electron chi connectivity index (χ0n) is 10.4. The first-order chi connectivity index (χ1) is 6.48. The first kappa shape index (κ1) is 13.9. The lowest BCUT2D eigenvalue weighted by atomic mass is 9.84. The van der Waals surface area contributed by atoms with Crippen LogP contribution in [0.3, 0.4) is 0 Å². The molecule has 0 radical (unpaired) electrons. The van der Waals surface area contributed by atoms with Crippen molar-refractivity contribution in [2.45, 2.75) is 47.0 Å². The van der Waals surface area contributed by atoms with Crippen LogP contribution in [0.25, 0.3) is 0 Å². The van der Waals surface area contributed by atoms with E-state index in [0.29, 0.717) is 5.41 Å². The highest BCUT2D eigenvalue weighted by atomic mass is 14.8. The molecule has 2 heteroatoms. The molecule has 14 heavy (non-hydrogen) atoms. The predicted molar refractivity (Wildman–Crippen MR) is 64.4 cm³/mol. The monoisotopic (exact) mass is 200 g/mol. The number of nitrogens with one attached hydrogen (secondary N) is 1. The normalized spacial score (nSPS) is 12.4. The van der Waals surface area contributed by atoms with Crippen molar-refractivity contribution in [3.05, 3.63) is 0 Å². The van der Waals surface area contributed by atoms with E-state index < -0.39 is 0 Å². The van der Waals surface area contributed by atoms with E-state index in [0.717, 1.165) is 32.0 Å². The SMILES string of the molecule is CC(C)CNCCCC(C)(C)CCN. The first-order valence-electron chi connectivity index (χ1n) is 5.89. The summed E-state index contributed by atoms with van der Waals surface area (Å²) >= 11 is 0. The molecule has 0 heterocycles. The van der Waals surface area contributed by atoms with Crippen LogP contribution in [-0.2, 0) is 0 Å². The van der Waals surface area contributed by atoms with Gasteiger partial charge >= 0.3 is 0 Å². The predicted octanol–water partition coefficient (Wildman–Crippen LogP) is 2.39. The molecule has 0 aromatic carbocycles. The van der Waals surface area contributed by atoms with Crippen molar-refractivity contribution >= 4 is 0 Å². The van der Waals surface area contributed by atoms with Crippen molar-refractivity contribution in [3.63, 3.8) is 0 Å². The van der Waals surface area contributed by atoms with Crippen molar-refractivity contribution in [1.29, 1.82) is 0 Å². The van der Waals surface area contributed by atoms with Crippen LogP contribution in [0.2, 0.25) is 0 Å². The molecule has 0 aliphatic heterocycles. The van der Waals surface area contributed by atoms with Gasteiger partial charge in [-0.15, -0.1) is 0 Å². The highest BCUT2D eigenvalue weighted by Crippen LogP contribution is 2.25. The summed E-state index contributed by atoms with van der Waals surface area (Å²) in [5, 5.41) is 3.47. The molecule has 0 saturated heterocycles. The molecule has 0 atom stereocenters. The average molecular weight is 200 g/mol. The van der Waals surface area contributed by atoms with E-state index >= 15 is 0 Å². The van der Waals surface area contributed by atoms with Gasteiger partial charge in [-0.3, -0.25) is 0 Å². The third-order valence-electron chi connectivity index (χ3n) is 2.58. The molecule has 0 saturated carbocycles. The second-order valence-electron chi connectivity index (χ2n) is 5.40. The van der Waals surface area contributed by atoms with E-state index in [1.165, 1.54) is 12.8 Å². The number of rotatable bonds is 8. The Balaban J connectivity index is 3.34. The fourth-order valence-electron chi connectivity index (χ4n) is 1.60. The molecule has 0 rings (SSSR count). The maximum Gasteiger partial charge on any atom is -0.00258 e. The maximum absolute atomic E-state index is 5.57. The van der Waals surface area contributed by atoms with Gasteiger partial charge in [0, 0.05) is 0 Å². The summed E-state index contributed by atoms with van der Waals surface area (Å²) in [6, 6.07) is 0. The summed E-state index contributed by atoms with van der Waals surface area (Å²) in [5.41, 5.74) is 5.99.